The highest BCUT2D eigenvalue weighted by molar-refractivity contribution is 8.18. The maximum absolute atomic E-state index is 12.4. The van der Waals surface area contributed by atoms with Gasteiger partial charge in [0.1, 0.15) is 6.61 Å². The summed E-state index contributed by atoms with van der Waals surface area (Å²) in [5.41, 5.74) is 2.55. The highest BCUT2D eigenvalue weighted by atomic mass is 35.5. The number of carbonyl (C=O) groups excluding carboxylic acids is 1. The van der Waals surface area contributed by atoms with Crippen molar-refractivity contribution in [3.63, 3.8) is 0 Å². The van der Waals surface area contributed by atoms with Gasteiger partial charge in [-0.15, -0.1) is 0 Å². The van der Waals surface area contributed by atoms with Crippen LogP contribution in [0.15, 0.2) is 82.7 Å². The molecule has 0 aromatic heterocycles. The Balaban J connectivity index is 1.56. The fourth-order valence-corrected chi connectivity index (χ4v) is 4.17. The van der Waals surface area contributed by atoms with Crippen molar-refractivity contribution >= 4 is 46.2 Å². The Morgan fingerprint density at radius 1 is 1.03 bits per heavy atom. The van der Waals surface area contributed by atoms with Crippen LogP contribution >= 0.6 is 23.4 Å². The van der Waals surface area contributed by atoms with Crippen LogP contribution in [0.25, 0.3) is 6.08 Å². The van der Waals surface area contributed by atoms with Gasteiger partial charge in [-0.05, 0) is 60.2 Å². The molecular formula is C25H21ClN2O3S. The maximum atomic E-state index is 12.4. The molecule has 3 aromatic carbocycles. The van der Waals surface area contributed by atoms with E-state index >= 15 is 0 Å². The molecule has 162 valence electrons. The number of nitrogens with zero attached hydrogens (tertiary/aromatic N) is 1. The highest BCUT2D eigenvalue weighted by Gasteiger charge is 2.24. The molecule has 4 rings (SSSR count). The second-order valence-electron chi connectivity index (χ2n) is 6.85. The first-order chi connectivity index (χ1) is 15.6. The molecule has 5 nitrogen and oxygen atoms in total. The van der Waals surface area contributed by atoms with Gasteiger partial charge in [0.05, 0.1) is 22.2 Å². The lowest BCUT2D eigenvalue weighted by molar-refractivity contribution is -0.115. The zero-order valence-corrected chi connectivity index (χ0v) is 19.0. The van der Waals surface area contributed by atoms with Crippen molar-refractivity contribution in [2.24, 2.45) is 4.99 Å². The number of amides is 1. The van der Waals surface area contributed by atoms with Crippen molar-refractivity contribution in [3.05, 3.63) is 93.9 Å². The maximum Gasteiger partial charge on any atom is 0.264 e. The van der Waals surface area contributed by atoms with E-state index in [1.165, 1.54) is 11.8 Å². The zero-order chi connectivity index (χ0) is 22.3. The van der Waals surface area contributed by atoms with Crippen LogP contribution in [0.2, 0.25) is 5.02 Å². The zero-order valence-electron chi connectivity index (χ0n) is 17.4. The molecule has 0 radical (unpaired) electrons. The molecule has 1 aliphatic heterocycles. The SMILES string of the molecule is CCOc1cc(/C=C2\SC(=Nc3ccccc3)NC2=O)cc(Cl)c1OCc1ccccc1. The summed E-state index contributed by atoms with van der Waals surface area (Å²) in [4.78, 5) is 17.4. The monoisotopic (exact) mass is 464 g/mol. The number of rotatable bonds is 7. The molecular weight excluding hydrogens is 444 g/mol. The first kappa shape index (κ1) is 22.0. The number of ether oxygens (including phenoxy) is 2. The van der Waals surface area contributed by atoms with Crippen molar-refractivity contribution in [2.45, 2.75) is 13.5 Å². The van der Waals surface area contributed by atoms with E-state index in [1.54, 1.807) is 12.1 Å². The molecule has 1 fully saturated rings. The van der Waals surface area contributed by atoms with Crippen LogP contribution in [0.1, 0.15) is 18.1 Å². The van der Waals surface area contributed by atoms with Gasteiger partial charge in [-0.3, -0.25) is 4.79 Å². The second-order valence-corrected chi connectivity index (χ2v) is 8.29. The fourth-order valence-electron chi connectivity index (χ4n) is 3.06. The Bertz CT molecular complexity index is 1160. The standard InChI is InChI=1S/C25H21ClN2O3S/c1-2-30-21-14-18(13-20(26)23(21)31-16-17-9-5-3-6-10-17)15-22-24(29)28-25(32-22)27-19-11-7-4-8-12-19/h3-15H,2,16H2,1H3,(H,27,28,29)/b22-15-. The molecule has 1 N–H and O–H groups in total. The molecule has 1 heterocycles. The number of benzene rings is 3. The Hall–Kier alpha value is -3.22. The quantitative estimate of drug-likeness (QED) is 0.422. The molecule has 0 aliphatic carbocycles. The molecule has 7 heteroatoms. The lowest BCUT2D eigenvalue weighted by atomic mass is 10.1. The molecule has 0 saturated carbocycles. The minimum absolute atomic E-state index is 0.205. The van der Waals surface area contributed by atoms with Gasteiger partial charge in [0, 0.05) is 0 Å². The van der Waals surface area contributed by atoms with Gasteiger partial charge in [-0.1, -0.05) is 60.1 Å². The van der Waals surface area contributed by atoms with Gasteiger partial charge < -0.3 is 14.8 Å². The van der Waals surface area contributed by atoms with Gasteiger partial charge in [0.15, 0.2) is 16.7 Å². The Morgan fingerprint density at radius 3 is 2.47 bits per heavy atom. The largest absolute Gasteiger partial charge is 0.490 e. The van der Waals surface area contributed by atoms with Crippen LogP contribution < -0.4 is 14.8 Å². The lowest BCUT2D eigenvalue weighted by Crippen LogP contribution is -2.19. The van der Waals surface area contributed by atoms with E-state index in [9.17, 15) is 4.79 Å². The van der Waals surface area contributed by atoms with Crippen molar-refractivity contribution in [1.29, 1.82) is 0 Å². The van der Waals surface area contributed by atoms with E-state index in [4.69, 9.17) is 21.1 Å². The Morgan fingerprint density at radius 2 is 1.75 bits per heavy atom. The number of hydrogen-bond acceptors (Lipinski definition) is 5. The molecule has 0 bridgehead atoms. The van der Waals surface area contributed by atoms with E-state index in [2.05, 4.69) is 10.3 Å². The van der Waals surface area contributed by atoms with E-state index < -0.39 is 0 Å². The number of aliphatic imine (C=N–C) groups is 1. The summed E-state index contributed by atoms with van der Waals surface area (Å²) in [7, 11) is 0. The first-order valence-corrected chi connectivity index (χ1v) is 11.3. The molecule has 0 spiro atoms. The van der Waals surface area contributed by atoms with Crippen LogP contribution in [-0.4, -0.2) is 17.7 Å². The third-order valence-electron chi connectivity index (χ3n) is 4.49. The topological polar surface area (TPSA) is 59.9 Å². The summed E-state index contributed by atoms with van der Waals surface area (Å²) in [5, 5.41) is 3.74. The summed E-state index contributed by atoms with van der Waals surface area (Å²) in [5.74, 6) is 0.807. The van der Waals surface area contributed by atoms with Gasteiger partial charge in [0.2, 0.25) is 0 Å². The Kier molecular flexibility index (Phi) is 7.14. The minimum Gasteiger partial charge on any atom is -0.490 e. The predicted octanol–water partition coefficient (Wildman–Crippen LogP) is 6.21. The number of carbonyl (C=O) groups is 1. The molecule has 1 aliphatic rings. The summed E-state index contributed by atoms with van der Waals surface area (Å²) in [6.45, 7) is 2.73. The molecule has 32 heavy (non-hydrogen) atoms. The number of halogens is 1. The van der Waals surface area contributed by atoms with Crippen LogP contribution in [0.3, 0.4) is 0 Å². The summed E-state index contributed by atoms with van der Waals surface area (Å²) < 4.78 is 11.7. The average Bonchev–Trinajstić information content (AvgIpc) is 3.13. The third kappa shape index (κ3) is 5.52. The van der Waals surface area contributed by atoms with Crippen LogP contribution in [0, 0.1) is 0 Å². The van der Waals surface area contributed by atoms with Crippen molar-refractivity contribution in [2.75, 3.05) is 6.61 Å². The van der Waals surface area contributed by atoms with Gasteiger partial charge in [-0.2, -0.15) is 0 Å². The second kappa shape index (κ2) is 10.4. The summed E-state index contributed by atoms with van der Waals surface area (Å²) >= 11 is 7.81. The van der Waals surface area contributed by atoms with Gasteiger partial charge >= 0.3 is 0 Å². The normalized spacial score (nSPS) is 15.8. The molecule has 1 saturated heterocycles. The first-order valence-electron chi connectivity index (χ1n) is 10.1. The smallest absolute Gasteiger partial charge is 0.264 e. The van der Waals surface area contributed by atoms with Gasteiger partial charge in [0.25, 0.3) is 5.91 Å². The number of para-hydroxylation sites is 1. The van der Waals surface area contributed by atoms with E-state index in [1.807, 2.05) is 73.7 Å². The number of nitrogens with one attached hydrogen (secondary N) is 1. The highest BCUT2D eigenvalue weighted by Crippen LogP contribution is 2.39. The third-order valence-corrected chi connectivity index (χ3v) is 5.68. The van der Waals surface area contributed by atoms with E-state index in [0.717, 1.165) is 16.8 Å². The van der Waals surface area contributed by atoms with Crippen LogP contribution in [-0.2, 0) is 11.4 Å². The number of thioether (sulfide) groups is 1. The van der Waals surface area contributed by atoms with E-state index in [-0.39, 0.29) is 5.91 Å². The summed E-state index contributed by atoms with van der Waals surface area (Å²) in [6.07, 6.45) is 1.77. The van der Waals surface area contributed by atoms with Crippen molar-refractivity contribution in [3.8, 4) is 11.5 Å². The van der Waals surface area contributed by atoms with Crippen molar-refractivity contribution in [1.82, 2.24) is 5.32 Å². The molecule has 0 atom stereocenters. The van der Waals surface area contributed by atoms with Crippen molar-refractivity contribution < 1.29 is 14.3 Å². The fraction of sp³-hybridized carbons (Fsp3) is 0.120. The van der Waals surface area contributed by atoms with Crippen LogP contribution in [0.5, 0.6) is 11.5 Å². The predicted molar refractivity (Wildman–Crippen MR) is 131 cm³/mol. The molecule has 1 amide bonds. The average molecular weight is 465 g/mol. The summed E-state index contributed by atoms with van der Waals surface area (Å²) in [6, 6.07) is 22.9. The van der Waals surface area contributed by atoms with Gasteiger partial charge in [-0.25, -0.2) is 4.99 Å². The molecule has 3 aromatic rings. The number of amidine groups is 1. The van der Waals surface area contributed by atoms with Crippen LogP contribution in [0.4, 0.5) is 5.69 Å². The van der Waals surface area contributed by atoms with E-state index in [0.29, 0.717) is 39.8 Å². The Labute approximate surface area is 196 Å². The lowest BCUT2D eigenvalue weighted by Gasteiger charge is -2.14. The number of hydrogen-bond donors (Lipinski definition) is 1. The minimum atomic E-state index is -0.205. The molecule has 0 unspecified atom stereocenters.